The van der Waals surface area contributed by atoms with E-state index < -0.39 is 11.3 Å². The van der Waals surface area contributed by atoms with Crippen molar-refractivity contribution < 1.29 is 19.1 Å². The van der Waals surface area contributed by atoms with E-state index in [9.17, 15) is 9.59 Å². The van der Waals surface area contributed by atoms with E-state index in [0.717, 1.165) is 38.0 Å². The maximum Gasteiger partial charge on any atom is 0.229 e. The molecular weight excluding hydrogens is 1080 g/mol. The largest absolute Gasteiger partial charge is 0.496 e. The average Bonchev–Trinajstić information content (AvgIpc) is 3.30. The lowest BCUT2D eigenvalue weighted by Gasteiger charge is -2.30. The van der Waals surface area contributed by atoms with E-state index >= 15 is 0 Å². The molecule has 0 aliphatic heterocycles. The fraction of sp³-hybridized carbons (Fsp3) is 0.408. The second-order valence-corrected chi connectivity index (χ2v) is 20.7. The van der Waals surface area contributed by atoms with Crippen LogP contribution in [0.3, 0.4) is 0 Å². The number of nitrogen functional groups attached to an aromatic ring is 3. The number of amides is 2. The van der Waals surface area contributed by atoms with Crippen LogP contribution in [-0.2, 0) is 42.1 Å². The molecular formula is C49H58BrCl4N15O4. The topological polar surface area (TPSA) is 256 Å². The lowest BCUT2D eigenvalue weighted by molar-refractivity contribution is -0.121. The number of anilines is 6. The summed E-state index contributed by atoms with van der Waals surface area (Å²) >= 11 is 29.6. The number of hydrogen-bond donors (Lipinski definition) is 3. The maximum absolute atomic E-state index is 14.9. The van der Waals surface area contributed by atoms with Gasteiger partial charge in [-0.2, -0.15) is 15.0 Å². The van der Waals surface area contributed by atoms with Gasteiger partial charge in [-0.25, -0.2) is 15.0 Å². The Kier molecular flexibility index (Phi) is 18.8. The Morgan fingerprint density at radius 2 is 1.14 bits per heavy atom. The Labute approximate surface area is 453 Å². The zero-order chi connectivity index (χ0) is 53.5. The number of hydrogen-bond acceptors (Lipinski definition) is 17. The number of aryl methyl sites for hydroxylation is 3. The van der Waals surface area contributed by atoms with Gasteiger partial charge in [-0.3, -0.25) is 34.3 Å². The molecule has 6 rings (SSSR count). The lowest BCUT2D eigenvalue weighted by atomic mass is 9.82. The minimum absolute atomic E-state index is 0.00901. The van der Waals surface area contributed by atoms with Crippen molar-refractivity contribution in [2.45, 2.75) is 93.3 Å². The highest BCUT2D eigenvalue weighted by Crippen LogP contribution is 2.36. The van der Waals surface area contributed by atoms with Crippen molar-refractivity contribution in [2.75, 3.05) is 59.0 Å². The highest BCUT2D eigenvalue weighted by atomic mass is 79.9. The molecule has 0 spiro atoms. The molecule has 6 aromatic heterocycles. The molecule has 0 aromatic carbocycles. The van der Waals surface area contributed by atoms with Crippen LogP contribution in [0, 0.1) is 39.0 Å². The standard InChI is InChI=1S/C49H58BrCl4N15O4/c1-25-19-59-33(22-67(7)38-14-35(52)61-46(55)64-38)30(43(25)50)10-11-49(5,6)17-42(71)69(40-16-37(54)63-48(57)66-40)24-34-31(45(73-9)27(3)21-60-34)12-29(18-51)13-41(70)68(39-15-36(53)62-47(56)65-39)23-32-28(4)44(72-8)26(2)20-58-32/h14-16,19-21,29H,10-13,17-18,22-24H2,1-9H3,(H2,55,61,64)(H2,56,62,65)(H2,57,63,66). The molecule has 19 nitrogen and oxygen atoms in total. The molecule has 73 heavy (non-hydrogen) atoms. The van der Waals surface area contributed by atoms with Gasteiger partial charge in [-0.1, -0.05) is 64.6 Å². The van der Waals surface area contributed by atoms with Crippen LogP contribution >= 0.6 is 62.3 Å². The summed E-state index contributed by atoms with van der Waals surface area (Å²) in [6, 6.07) is 4.58. The van der Waals surface area contributed by atoms with Gasteiger partial charge in [0.2, 0.25) is 29.7 Å². The van der Waals surface area contributed by atoms with Crippen molar-refractivity contribution >= 4 is 109 Å². The molecule has 0 aliphatic carbocycles. The predicted molar refractivity (Wildman–Crippen MR) is 291 cm³/mol. The minimum Gasteiger partial charge on any atom is -0.496 e. The summed E-state index contributed by atoms with van der Waals surface area (Å²) in [5, 5.41) is 0.323. The van der Waals surface area contributed by atoms with Gasteiger partial charge in [-0.15, -0.1) is 11.6 Å². The third kappa shape index (κ3) is 14.2. The first-order valence-electron chi connectivity index (χ1n) is 22.9. The number of halogens is 5. The van der Waals surface area contributed by atoms with Crippen molar-refractivity contribution in [2.24, 2.45) is 11.3 Å². The van der Waals surface area contributed by atoms with Gasteiger partial charge in [0, 0.05) is 89.3 Å². The Balaban J connectivity index is 1.29. The summed E-state index contributed by atoms with van der Waals surface area (Å²) in [6.45, 7) is 12.0. The second-order valence-electron chi connectivity index (χ2n) is 18.4. The van der Waals surface area contributed by atoms with Crippen LogP contribution in [0.4, 0.5) is 35.3 Å². The molecule has 0 saturated heterocycles. The zero-order valence-electron chi connectivity index (χ0n) is 42.0. The number of ether oxygens (including phenoxy) is 2. The van der Waals surface area contributed by atoms with Gasteiger partial charge in [-0.05, 0) is 69.4 Å². The number of methoxy groups -OCH3 is 2. The molecule has 0 bridgehead atoms. The number of alkyl halides is 1. The normalized spacial score (nSPS) is 11.9. The number of pyridine rings is 3. The fourth-order valence-electron chi connectivity index (χ4n) is 8.43. The zero-order valence-corrected chi connectivity index (χ0v) is 46.6. The summed E-state index contributed by atoms with van der Waals surface area (Å²) in [7, 11) is 5.00. The molecule has 0 fully saturated rings. The highest BCUT2D eigenvalue weighted by molar-refractivity contribution is 9.10. The number of rotatable bonds is 21. The molecule has 0 saturated carbocycles. The monoisotopic (exact) mass is 1140 g/mol. The smallest absolute Gasteiger partial charge is 0.229 e. The fourth-order valence-corrected chi connectivity index (χ4v) is 9.73. The van der Waals surface area contributed by atoms with Crippen molar-refractivity contribution in [3.63, 3.8) is 0 Å². The molecule has 1 unspecified atom stereocenters. The maximum atomic E-state index is 14.9. The lowest BCUT2D eigenvalue weighted by Crippen LogP contribution is -2.36. The second kappa shape index (κ2) is 24.4. The molecule has 388 valence electrons. The van der Waals surface area contributed by atoms with Crippen molar-refractivity contribution in [1.29, 1.82) is 0 Å². The molecule has 0 radical (unpaired) electrons. The molecule has 6 N–H and O–H groups in total. The molecule has 1 atom stereocenters. The Morgan fingerprint density at radius 3 is 1.67 bits per heavy atom. The van der Waals surface area contributed by atoms with E-state index in [-0.39, 0.29) is 95.0 Å². The van der Waals surface area contributed by atoms with E-state index in [2.05, 4.69) is 50.8 Å². The summed E-state index contributed by atoms with van der Waals surface area (Å²) < 4.78 is 12.6. The minimum atomic E-state index is -0.577. The summed E-state index contributed by atoms with van der Waals surface area (Å²) in [4.78, 5) is 74.0. The van der Waals surface area contributed by atoms with Gasteiger partial charge in [0.15, 0.2) is 0 Å². The van der Waals surface area contributed by atoms with Crippen molar-refractivity contribution in [1.82, 2.24) is 44.9 Å². The third-order valence-corrected chi connectivity index (χ3v) is 14.3. The first-order valence-corrected chi connectivity index (χ1v) is 25.4. The quantitative estimate of drug-likeness (QED) is 0.0448. The predicted octanol–water partition coefficient (Wildman–Crippen LogP) is 9.20. The average molecular weight is 1140 g/mol. The van der Waals surface area contributed by atoms with E-state index in [1.807, 2.05) is 59.7 Å². The van der Waals surface area contributed by atoms with Crippen LogP contribution in [0.25, 0.3) is 0 Å². The number of nitrogens with two attached hydrogens (primary N) is 3. The van der Waals surface area contributed by atoms with Crippen LogP contribution < -0.4 is 41.4 Å². The van der Waals surface area contributed by atoms with E-state index in [0.29, 0.717) is 53.7 Å². The number of carbonyl (C=O) groups is 2. The molecule has 6 aromatic rings. The van der Waals surface area contributed by atoms with Crippen LogP contribution in [-0.4, -0.2) is 83.8 Å². The first-order chi connectivity index (χ1) is 34.5. The van der Waals surface area contributed by atoms with Crippen LogP contribution in [0.15, 0.2) is 41.3 Å². The van der Waals surface area contributed by atoms with Crippen molar-refractivity contribution in [3.05, 3.63) is 107 Å². The Bertz CT molecular complexity index is 2950. The molecule has 2 amide bonds. The molecule has 6 heterocycles. The van der Waals surface area contributed by atoms with Crippen LogP contribution in [0.1, 0.15) is 83.6 Å². The van der Waals surface area contributed by atoms with Gasteiger partial charge in [0.25, 0.3) is 0 Å². The summed E-state index contributed by atoms with van der Waals surface area (Å²) in [5.74, 6) is 0.809. The van der Waals surface area contributed by atoms with Gasteiger partial charge < -0.3 is 31.6 Å². The van der Waals surface area contributed by atoms with E-state index in [1.165, 1.54) is 21.9 Å². The van der Waals surface area contributed by atoms with Gasteiger partial charge in [0.1, 0.15) is 44.4 Å². The number of nitrogens with zero attached hydrogens (tertiary/aromatic N) is 12. The van der Waals surface area contributed by atoms with Crippen molar-refractivity contribution in [3.8, 4) is 11.5 Å². The summed E-state index contributed by atoms with van der Waals surface area (Å²) in [6.07, 6.45) is 6.54. The highest BCUT2D eigenvalue weighted by Gasteiger charge is 2.32. The third-order valence-electron chi connectivity index (χ3n) is 12.2. The molecule has 24 heteroatoms. The molecule has 0 aliphatic rings. The van der Waals surface area contributed by atoms with E-state index in [4.69, 9.17) is 83.0 Å². The van der Waals surface area contributed by atoms with E-state index in [1.54, 1.807) is 32.7 Å². The summed E-state index contributed by atoms with van der Waals surface area (Å²) in [5.41, 5.74) is 24.2. The van der Waals surface area contributed by atoms with Crippen LogP contribution in [0.2, 0.25) is 15.5 Å². The Hall–Kier alpha value is -5.93. The Morgan fingerprint density at radius 1 is 0.671 bits per heavy atom. The first kappa shape index (κ1) is 56.4. The van der Waals surface area contributed by atoms with Gasteiger partial charge in [0.05, 0.1) is 50.9 Å². The SMILES string of the molecule is COc1c(C)cnc(CN(C(=O)CC(CCl)Cc2c(CN(C(=O)CC(C)(C)CCc3c(CN(C)c4cc(Cl)nc(N)n4)ncc(C)c3Br)c3cc(Cl)nc(N)n3)ncc(C)c2OC)c2cc(Cl)nc(N)n2)c1C. The number of carbonyl (C=O) groups excluding carboxylic acids is 2. The number of aromatic nitrogens is 9. The van der Waals surface area contributed by atoms with Gasteiger partial charge >= 0.3 is 0 Å². The van der Waals surface area contributed by atoms with Crippen LogP contribution in [0.5, 0.6) is 11.5 Å².